The molecule has 7 heteroatoms. The van der Waals surface area contributed by atoms with Crippen LogP contribution in [0.3, 0.4) is 0 Å². The Kier molecular flexibility index (Phi) is 6.34. The van der Waals surface area contributed by atoms with Crippen molar-refractivity contribution in [2.45, 2.75) is 6.61 Å². The Hall–Kier alpha value is -3.25. The number of H-pyrrole nitrogens is 1. The van der Waals surface area contributed by atoms with Crippen molar-refractivity contribution in [3.8, 4) is 11.5 Å². The summed E-state index contributed by atoms with van der Waals surface area (Å²) in [6, 6.07) is 15.3. The minimum absolute atomic E-state index is 0.251. The summed E-state index contributed by atoms with van der Waals surface area (Å²) >= 11 is 6.13. The molecule has 1 aromatic heterocycles. The Morgan fingerprint density at radius 1 is 1.04 bits per heavy atom. The van der Waals surface area contributed by atoms with Crippen LogP contribution < -0.4 is 9.47 Å². The predicted molar refractivity (Wildman–Crippen MR) is 104 cm³/mol. The summed E-state index contributed by atoms with van der Waals surface area (Å²) in [4.78, 5) is 26.9. The summed E-state index contributed by atoms with van der Waals surface area (Å²) in [6.45, 7) is -0.100. The molecule has 0 bridgehead atoms. The van der Waals surface area contributed by atoms with Crippen LogP contribution in [0.4, 0.5) is 0 Å². The lowest BCUT2D eigenvalue weighted by Crippen LogP contribution is -2.14. The van der Waals surface area contributed by atoms with Gasteiger partial charge in [-0.3, -0.25) is 4.79 Å². The smallest absolute Gasteiger partial charge is 0.338 e. The fourth-order valence-corrected chi connectivity index (χ4v) is 2.67. The van der Waals surface area contributed by atoms with E-state index >= 15 is 0 Å². The molecule has 1 heterocycles. The monoisotopic (exact) mass is 399 g/mol. The zero-order valence-electron chi connectivity index (χ0n) is 15.1. The maximum Gasteiger partial charge on any atom is 0.338 e. The summed E-state index contributed by atoms with van der Waals surface area (Å²) in [5.41, 5.74) is 1.47. The molecule has 0 spiro atoms. The number of ketones is 1. The van der Waals surface area contributed by atoms with Gasteiger partial charge in [0.05, 0.1) is 18.4 Å². The minimum Gasteiger partial charge on any atom is -0.493 e. The Bertz CT molecular complexity index is 969. The lowest BCUT2D eigenvalue weighted by atomic mass is 10.2. The summed E-state index contributed by atoms with van der Waals surface area (Å²) in [5, 5.41) is 0.605. The molecular weight excluding hydrogens is 382 g/mol. The van der Waals surface area contributed by atoms with Gasteiger partial charge in [-0.05, 0) is 36.4 Å². The van der Waals surface area contributed by atoms with E-state index < -0.39 is 5.97 Å². The third kappa shape index (κ3) is 4.72. The van der Waals surface area contributed by atoms with Crippen LogP contribution in [-0.2, 0) is 11.3 Å². The van der Waals surface area contributed by atoms with Crippen molar-refractivity contribution in [2.75, 3.05) is 13.7 Å². The second-order valence-electron chi connectivity index (χ2n) is 5.83. The Morgan fingerprint density at radius 2 is 1.86 bits per heavy atom. The first-order chi connectivity index (χ1) is 13.6. The summed E-state index contributed by atoms with van der Waals surface area (Å²) in [7, 11) is 1.47. The maximum atomic E-state index is 12.2. The zero-order chi connectivity index (χ0) is 19.9. The topological polar surface area (TPSA) is 77.6 Å². The van der Waals surface area contributed by atoms with E-state index in [1.54, 1.807) is 36.5 Å². The van der Waals surface area contributed by atoms with E-state index in [0.717, 1.165) is 5.56 Å². The van der Waals surface area contributed by atoms with Crippen molar-refractivity contribution >= 4 is 23.4 Å². The fourth-order valence-electron chi connectivity index (χ4n) is 2.48. The van der Waals surface area contributed by atoms with Crippen molar-refractivity contribution in [3.63, 3.8) is 0 Å². The van der Waals surface area contributed by atoms with Gasteiger partial charge in [-0.15, -0.1) is 0 Å². The first-order valence-electron chi connectivity index (χ1n) is 8.46. The summed E-state index contributed by atoms with van der Waals surface area (Å²) < 4.78 is 16.1. The predicted octanol–water partition coefficient (Wildman–Crippen LogP) is 4.30. The summed E-state index contributed by atoms with van der Waals surface area (Å²) in [6.07, 6.45) is 1.63. The van der Waals surface area contributed by atoms with Crippen molar-refractivity contribution in [1.29, 1.82) is 0 Å². The number of benzene rings is 2. The molecule has 6 nitrogen and oxygen atoms in total. The van der Waals surface area contributed by atoms with Crippen LogP contribution >= 0.6 is 11.6 Å². The molecule has 0 saturated heterocycles. The molecule has 0 fully saturated rings. The number of methoxy groups -OCH3 is 1. The molecule has 0 radical (unpaired) electrons. The number of nitrogens with one attached hydrogen (secondary N) is 1. The molecule has 0 atom stereocenters. The molecule has 1 N–H and O–H groups in total. The molecule has 0 aliphatic heterocycles. The first-order valence-corrected chi connectivity index (χ1v) is 8.84. The van der Waals surface area contributed by atoms with Gasteiger partial charge in [-0.1, -0.05) is 29.8 Å². The highest BCUT2D eigenvalue weighted by molar-refractivity contribution is 6.31. The minimum atomic E-state index is -0.629. The largest absolute Gasteiger partial charge is 0.493 e. The number of carbonyl (C=O) groups is 2. The quantitative estimate of drug-likeness (QED) is 0.451. The number of hydrogen-bond donors (Lipinski definition) is 1. The number of hydrogen-bond acceptors (Lipinski definition) is 5. The van der Waals surface area contributed by atoms with E-state index in [4.69, 9.17) is 25.8 Å². The normalized spacial score (nSPS) is 10.4. The number of ether oxygens (including phenoxy) is 3. The van der Waals surface area contributed by atoms with Crippen LogP contribution in [0, 0.1) is 0 Å². The highest BCUT2D eigenvalue weighted by Gasteiger charge is 2.15. The zero-order valence-corrected chi connectivity index (χ0v) is 15.9. The Morgan fingerprint density at radius 3 is 2.57 bits per heavy atom. The molecule has 0 amide bonds. The van der Waals surface area contributed by atoms with Crippen LogP contribution in [0.15, 0.2) is 60.8 Å². The van der Waals surface area contributed by atoms with Crippen molar-refractivity contribution < 1.29 is 23.8 Å². The molecule has 3 aromatic rings. The number of carbonyl (C=O) groups excluding carboxylic acids is 2. The first kappa shape index (κ1) is 19.5. The van der Waals surface area contributed by atoms with Gasteiger partial charge in [-0.2, -0.15) is 0 Å². The van der Waals surface area contributed by atoms with Crippen LogP contribution in [0.5, 0.6) is 11.5 Å². The van der Waals surface area contributed by atoms with Gasteiger partial charge in [0.1, 0.15) is 6.61 Å². The van der Waals surface area contributed by atoms with Gasteiger partial charge in [-0.25, -0.2) is 4.79 Å². The molecule has 144 valence electrons. The number of esters is 1. The van der Waals surface area contributed by atoms with Crippen molar-refractivity contribution in [3.05, 3.63) is 82.6 Å². The van der Waals surface area contributed by atoms with E-state index in [0.29, 0.717) is 22.2 Å². The number of halogens is 1. The lowest BCUT2D eigenvalue weighted by Gasteiger charge is -2.12. The molecule has 0 unspecified atom stereocenters. The molecule has 0 aliphatic rings. The van der Waals surface area contributed by atoms with Crippen molar-refractivity contribution in [1.82, 2.24) is 4.98 Å². The van der Waals surface area contributed by atoms with Crippen LogP contribution in [0.1, 0.15) is 26.4 Å². The third-order valence-corrected chi connectivity index (χ3v) is 4.34. The molecular formula is C21H18ClNO5. The highest BCUT2D eigenvalue weighted by Crippen LogP contribution is 2.30. The van der Waals surface area contributed by atoms with E-state index in [-0.39, 0.29) is 24.6 Å². The molecule has 3 rings (SSSR count). The van der Waals surface area contributed by atoms with Gasteiger partial charge in [0, 0.05) is 16.8 Å². The average Bonchev–Trinajstić information content (AvgIpc) is 3.26. The SMILES string of the molecule is COc1cc(C(=O)OCC(=O)c2ccc[nH]2)ccc1OCc1ccccc1Cl. The van der Waals surface area contributed by atoms with Gasteiger partial charge in [0.2, 0.25) is 5.78 Å². The van der Waals surface area contributed by atoms with Gasteiger partial charge >= 0.3 is 5.97 Å². The van der Waals surface area contributed by atoms with E-state index in [1.165, 1.54) is 13.2 Å². The summed E-state index contributed by atoms with van der Waals surface area (Å²) in [5.74, 6) is -0.112. The molecule has 0 saturated carbocycles. The highest BCUT2D eigenvalue weighted by atomic mass is 35.5. The second-order valence-corrected chi connectivity index (χ2v) is 6.24. The van der Waals surface area contributed by atoms with Gasteiger partial charge < -0.3 is 19.2 Å². The maximum absolute atomic E-state index is 12.2. The van der Waals surface area contributed by atoms with Crippen molar-refractivity contribution in [2.24, 2.45) is 0 Å². The third-order valence-electron chi connectivity index (χ3n) is 3.97. The van der Waals surface area contributed by atoms with Crippen LogP contribution in [0.25, 0.3) is 0 Å². The standard InChI is InChI=1S/C21H18ClNO5/c1-26-20-11-14(21(25)28-13-18(24)17-7-4-10-23-17)8-9-19(20)27-12-15-5-2-3-6-16(15)22/h2-11,23H,12-13H2,1H3. The Labute approximate surface area is 167 Å². The second kappa shape index (κ2) is 9.10. The fraction of sp³-hybridized carbons (Fsp3) is 0.143. The number of aromatic amines is 1. The number of rotatable bonds is 8. The van der Waals surface area contributed by atoms with E-state index in [2.05, 4.69) is 4.98 Å². The van der Waals surface area contributed by atoms with E-state index in [1.807, 2.05) is 18.2 Å². The van der Waals surface area contributed by atoms with Gasteiger partial charge in [0.15, 0.2) is 18.1 Å². The van der Waals surface area contributed by atoms with Gasteiger partial charge in [0.25, 0.3) is 0 Å². The average molecular weight is 400 g/mol. The van der Waals surface area contributed by atoms with Crippen LogP contribution in [-0.4, -0.2) is 30.5 Å². The van der Waals surface area contributed by atoms with Crippen LogP contribution in [0.2, 0.25) is 5.02 Å². The molecule has 2 aromatic carbocycles. The Balaban J connectivity index is 1.64. The number of aromatic nitrogens is 1. The van der Waals surface area contributed by atoms with E-state index in [9.17, 15) is 9.59 Å². The lowest BCUT2D eigenvalue weighted by molar-refractivity contribution is 0.0473. The molecule has 0 aliphatic carbocycles. The number of Topliss-reactive ketones (excluding diaryl/α,β-unsaturated/α-hetero) is 1. The molecule has 28 heavy (non-hydrogen) atoms.